The minimum Gasteiger partial charge on any atom is -0.469 e. The van der Waals surface area contributed by atoms with Gasteiger partial charge in [-0.1, -0.05) is 0 Å². The van der Waals surface area contributed by atoms with Gasteiger partial charge in [-0.15, -0.1) is 0 Å². The monoisotopic (exact) mass is 400 g/mol. The number of hydrogen-bond donors (Lipinski definition) is 2. The minimum atomic E-state index is -3.00. The summed E-state index contributed by atoms with van der Waals surface area (Å²) in [5.41, 5.74) is 13.6. The van der Waals surface area contributed by atoms with Gasteiger partial charge < -0.3 is 20.7 Å². The molecule has 154 valence electrons. The van der Waals surface area contributed by atoms with Crippen molar-refractivity contribution >= 4 is 18.8 Å². The van der Waals surface area contributed by atoms with E-state index in [2.05, 4.69) is 14.6 Å². The molecule has 0 aliphatic carbocycles. The van der Waals surface area contributed by atoms with Crippen molar-refractivity contribution in [2.24, 2.45) is 11.5 Å². The van der Waals surface area contributed by atoms with E-state index in [4.69, 9.17) is 16.0 Å². The Bertz CT molecular complexity index is 636. The number of hydrogen-bond acceptors (Lipinski definition) is 8. The molecule has 0 radical (unpaired) electrons. The van der Waals surface area contributed by atoms with E-state index in [1.54, 1.807) is 6.66 Å². The van der Waals surface area contributed by atoms with Crippen molar-refractivity contribution in [1.82, 2.24) is 9.88 Å². The Balaban J connectivity index is 3.07. The lowest BCUT2D eigenvalue weighted by atomic mass is 10.1. The van der Waals surface area contributed by atoms with Crippen molar-refractivity contribution < 1.29 is 18.6 Å². The van der Waals surface area contributed by atoms with E-state index in [0.29, 0.717) is 64.0 Å². The van der Waals surface area contributed by atoms with Crippen LogP contribution in [-0.2, 0) is 31.6 Å². The minimum absolute atomic E-state index is 0.239. The molecular formula is C18H33N4O4P. The number of nitrogens with zero attached hydrogens (tertiary/aromatic N) is 2. The Kier molecular flexibility index (Phi) is 10.7. The number of aryl methyl sites for hydroxylation is 1. The molecule has 1 rings (SSSR count). The molecular weight excluding hydrogens is 367 g/mol. The number of aromatic nitrogens is 1. The fourth-order valence-corrected chi connectivity index (χ4v) is 4.12. The molecule has 9 heteroatoms. The van der Waals surface area contributed by atoms with E-state index in [1.807, 2.05) is 19.1 Å². The second-order valence-corrected chi connectivity index (χ2v) is 8.78. The fourth-order valence-electron chi connectivity index (χ4n) is 2.78. The summed E-state index contributed by atoms with van der Waals surface area (Å²) in [6.07, 6.45) is 1.65. The van der Waals surface area contributed by atoms with Crippen molar-refractivity contribution in [2.75, 3.05) is 46.6 Å². The molecule has 0 aliphatic heterocycles. The molecule has 0 bridgehead atoms. The van der Waals surface area contributed by atoms with Crippen molar-refractivity contribution in [1.29, 1.82) is 0 Å². The quantitative estimate of drug-likeness (QED) is 0.370. The molecule has 27 heavy (non-hydrogen) atoms. The van der Waals surface area contributed by atoms with Crippen LogP contribution in [0.15, 0.2) is 12.1 Å². The van der Waals surface area contributed by atoms with E-state index < -0.39 is 7.37 Å². The number of pyridine rings is 1. The molecule has 0 saturated carbocycles. The predicted octanol–water partition coefficient (Wildman–Crippen LogP) is 0.866. The Morgan fingerprint density at radius 2 is 1.93 bits per heavy atom. The van der Waals surface area contributed by atoms with Crippen LogP contribution < -0.4 is 16.9 Å². The summed E-state index contributed by atoms with van der Waals surface area (Å²) < 4.78 is 23.0. The maximum Gasteiger partial charge on any atom is 0.305 e. The summed E-state index contributed by atoms with van der Waals surface area (Å²) in [6, 6.07) is 3.79. The van der Waals surface area contributed by atoms with Gasteiger partial charge in [0.15, 0.2) is 0 Å². The Labute approximate surface area is 162 Å². The third-order valence-electron chi connectivity index (χ3n) is 4.07. The summed E-state index contributed by atoms with van der Waals surface area (Å²) in [6.45, 7) is 6.77. The van der Waals surface area contributed by atoms with Gasteiger partial charge in [0.2, 0.25) is 7.37 Å². The topological polar surface area (TPSA) is 121 Å². The van der Waals surface area contributed by atoms with Crippen LogP contribution in [0.4, 0.5) is 0 Å². The first-order valence-electron chi connectivity index (χ1n) is 9.28. The summed E-state index contributed by atoms with van der Waals surface area (Å²) in [5, 5.41) is 0. The maximum atomic E-state index is 12.9. The molecule has 8 nitrogen and oxygen atoms in total. The molecule has 1 unspecified atom stereocenters. The van der Waals surface area contributed by atoms with Crippen LogP contribution in [0.25, 0.3) is 0 Å². The van der Waals surface area contributed by atoms with Crippen molar-refractivity contribution in [3.05, 3.63) is 23.4 Å². The third-order valence-corrected chi connectivity index (χ3v) is 5.88. The molecule has 0 amide bonds. The number of nitrogens with two attached hydrogens (primary N) is 2. The third kappa shape index (κ3) is 8.49. The number of esters is 1. The maximum absolute atomic E-state index is 12.9. The van der Waals surface area contributed by atoms with E-state index in [0.717, 1.165) is 11.3 Å². The number of carbonyl (C=O) groups is 1. The highest BCUT2D eigenvalue weighted by atomic mass is 31.2. The largest absolute Gasteiger partial charge is 0.469 e. The second kappa shape index (κ2) is 12.2. The first-order chi connectivity index (χ1) is 12.9. The lowest BCUT2D eigenvalue weighted by molar-refractivity contribution is -0.140. The first kappa shape index (κ1) is 23.7. The summed E-state index contributed by atoms with van der Waals surface area (Å²) in [4.78, 5) is 18.0. The normalized spacial score (nSPS) is 13.6. The molecule has 1 aromatic rings. The van der Waals surface area contributed by atoms with Gasteiger partial charge in [0.05, 0.1) is 19.4 Å². The van der Waals surface area contributed by atoms with Crippen LogP contribution in [0.1, 0.15) is 31.0 Å². The Morgan fingerprint density at radius 1 is 1.26 bits per heavy atom. The highest BCUT2D eigenvalue weighted by molar-refractivity contribution is 7.65. The van der Waals surface area contributed by atoms with Gasteiger partial charge in [-0.2, -0.15) is 0 Å². The van der Waals surface area contributed by atoms with Crippen molar-refractivity contribution in [2.45, 2.75) is 32.7 Å². The molecule has 0 aromatic carbocycles. The molecule has 1 aromatic heterocycles. The first-order valence-corrected chi connectivity index (χ1v) is 11.3. The number of ether oxygens (including phenoxy) is 1. The number of rotatable bonds is 13. The molecule has 0 spiro atoms. The zero-order valence-electron chi connectivity index (χ0n) is 16.6. The van der Waals surface area contributed by atoms with Crippen LogP contribution >= 0.6 is 7.37 Å². The average Bonchev–Trinajstić information content (AvgIpc) is 2.61. The smallest absolute Gasteiger partial charge is 0.305 e. The molecule has 1 atom stereocenters. The highest BCUT2D eigenvalue weighted by Crippen LogP contribution is 2.40. The van der Waals surface area contributed by atoms with Crippen LogP contribution in [0.2, 0.25) is 0 Å². The zero-order valence-corrected chi connectivity index (χ0v) is 17.5. The standard InChI is InChI=1S/C18H33N4O4P/c1-4-26-27(3,24)17-13-15(6-5-7-18(23)25-2)12-16(21-17)14-22(10-8-19)11-9-20/h12-13H,4-11,14,19-20H2,1-3H3. The van der Waals surface area contributed by atoms with E-state index in [-0.39, 0.29) is 5.97 Å². The van der Waals surface area contributed by atoms with Gasteiger partial charge in [0, 0.05) is 45.8 Å². The molecule has 0 aliphatic rings. The van der Waals surface area contributed by atoms with Crippen LogP contribution in [0.3, 0.4) is 0 Å². The Hall–Kier alpha value is -1.31. The summed E-state index contributed by atoms with van der Waals surface area (Å²) in [7, 11) is -1.62. The van der Waals surface area contributed by atoms with E-state index in [1.165, 1.54) is 7.11 Å². The van der Waals surface area contributed by atoms with Gasteiger partial charge in [0.25, 0.3) is 0 Å². The molecule has 0 fully saturated rings. The highest BCUT2D eigenvalue weighted by Gasteiger charge is 2.22. The zero-order chi connectivity index (χ0) is 20.3. The summed E-state index contributed by atoms with van der Waals surface area (Å²) in [5.74, 6) is -0.239. The van der Waals surface area contributed by atoms with Gasteiger partial charge in [-0.25, -0.2) is 4.98 Å². The van der Waals surface area contributed by atoms with Gasteiger partial charge >= 0.3 is 5.97 Å². The van der Waals surface area contributed by atoms with Gasteiger partial charge in [-0.05, 0) is 37.5 Å². The number of carbonyl (C=O) groups excluding carboxylic acids is 1. The average molecular weight is 400 g/mol. The van der Waals surface area contributed by atoms with Crippen LogP contribution in [-0.4, -0.2) is 62.4 Å². The molecule has 0 saturated heterocycles. The molecule has 4 N–H and O–H groups in total. The second-order valence-electron chi connectivity index (χ2n) is 6.37. The van der Waals surface area contributed by atoms with Crippen molar-refractivity contribution in [3.8, 4) is 0 Å². The lowest BCUT2D eigenvalue weighted by Gasteiger charge is -2.22. The summed E-state index contributed by atoms with van der Waals surface area (Å²) >= 11 is 0. The van der Waals surface area contributed by atoms with Gasteiger partial charge in [0.1, 0.15) is 5.44 Å². The van der Waals surface area contributed by atoms with E-state index >= 15 is 0 Å². The van der Waals surface area contributed by atoms with Crippen LogP contribution in [0.5, 0.6) is 0 Å². The van der Waals surface area contributed by atoms with Crippen LogP contribution in [0, 0.1) is 0 Å². The Morgan fingerprint density at radius 3 is 2.48 bits per heavy atom. The van der Waals surface area contributed by atoms with Crippen molar-refractivity contribution in [3.63, 3.8) is 0 Å². The lowest BCUT2D eigenvalue weighted by Crippen LogP contribution is -2.34. The number of methoxy groups -OCH3 is 1. The van der Waals surface area contributed by atoms with Gasteiger partial charge in [-0.3, -0.25) is 14.3 Å². The molecule has 1 heterocycles. The fraction of sp³-hybridized carbons (Fsp3) is 0.667. The SMILES string of the molecule is CCOP(C)(=O)c1cc(CCCC(=O)OC)cc(CN(CCN)CCN)n1. The van der Waals surface area contributed by atoms with E-state index in [9.17, 15) is 9.36 Å². The predicted molar refractivity (Wildman–Crippen MR) is 107 cm³/mol.